The maximum Gasteiger partial charge on any atom is 0.234 e. The first kappa shape index (κ1) is 12.5. The standard InChI is InChI=1S/C15H26N2O/c1-11-3-2-8-17(9-11)10-14(18)16-15(12-4-5-12)13-6-7-13/h11-13,15H,2-10H2,1H3,(H,16,18). The minimum atomic E-state index is 0.271. The maximum absolute atomic E-state index is 12.1. The number of carbonyl (C=O) groups excluding carboxylic acids is 1. The molecule has 1 N–H and O–H groups in total. The summed E-state index contributed by atoms with van der Waals surface area (Å²) in [5.41, 5.74) is 0. The van der Waals surface area contributed by atoms with Gasteiger partial charge in [-0.2, -0.15) is 0 Å². The van der Waals surface area contributed by atoms with Crippen LogP contribution < -0.4 is 5.32 Å². The van der Waals surface area contributed by atoms with Crippen LogP contribution in [0.15, 0.2) is 0 Å². The second-order valence-corrected chi connectivity index (χ2v) is 6.75. The van der Waals surface area contributed by atoms with Gasteiger partial charge in [-0.25, -0.2) is 0 Å². The maximum atomic E-state index is 12.1. The second kappa shape index (κ2) is 5.20. The molecule has 102 valence electrons. The molecule has 3 heteroatoms. The molecule has 18 heavy (non-hydrogen) atoms. The van der Waals surface area contributed by atoms with Crippen LogP contribution in [-0.2, 0) is 4.79 Å². The molecule has 0 bridgehead atoms. The predicted octanol–water partition coefficient (Wildman–Crippen LogP) is 2.02. The lowest BCUT2D eigenvalue weighted by atomic mass is 10.0. The molecule has 0 aromatic carbocycles. The third-order valence-corrected chi connectivity index (χ3v) is 4.70. The Balaban J connectivity index is 1.45. The lowest BCUT2D eigenvalue weighted by Crippen LogP contribution is -2.46. The molecule has 0 aromatic rings. The normalized spacial score (nSPS) is 29.6. The zero-order chi connectivity index (χ0) is 12.5. The Kier molecular flexibility index (Phi) is 3.60. The molecule has 2 saturated carbocycles. The van der Waals surface area contributed by atoms with Gasteiger partial charge in [0, 0.05) is 12.6 Å². The minimum absolute atomic E-state index is 0.271. The van der Waals surface area contributed by atoms with Crippen molar-refractivity contribution in [1.82, 2.24) is 10.2 Å². The van der Waals surface area contributed by atoms with Crippen molar-refractivity contribution >= 4 is 5.91 Å². The van der Waals surface area contributed by atoms with Gasteiger partial charge in [-0.15, -0.1) is 0 Å². The molecule has 3 rings (SSSR count). The van der Waals surface area contributed by atoms with Gasteiger partial charge in [-0.05, 0) is 62.8 Å². The molecule has 1 saturated heterocycles. The van der Waals surface area contributed by atoms with Crippen LogP contribution in [0.5, 0.6) is 0 Å². The first-order valence-electron chi connectivity index (χ1n) is 7.74. The molecule has 1 aliphatic heterocycles. The Morgan fingerprint density at radius 2 is 1.89 bits per heavy atom. The molecule has 0 aromatic heterocycles. The fraction of sp³-hybridized carbons (Fsp3) is 0.933. The van der Waals surface area contributed by atoms with Gasteiger partial charge >= 0.3 is 0 Å². The summed E-state index contributed by atoms with van der Waals surface area (Å²) in [6, 6.07) is 0.514. The Bertz CT molecular complexity index is 298. The highest BCUT2D eigenvalue weighted by atomic mass is 16.2. The van der Waals surface area contributed by atoms with E-state index < -0.39 is 0 Å². The van der Waals surface area contributed by atoms with Gasteiger partial charge in [-0.3, -0.25) is 9.69 Å². The molecule has 1 unspecified atom stereocenters. The lowest BCUT2D eigenvalue weighted by molar-refractivity contribution is -0.123. The predicted molar refractivity (Wildman–Crippen MR) is 72.2 cm³/mol. The zero-order valence-corrected chi connectivity index (χ0v) is 11.5. The molecule has 1 heterocycles. The van der Waals surface area contributed by atoms with Gasteiger partial charge in [-0.1, -0.05) is 6.92 Å². The van der Waals surface area contributed by atoms with Crippen molar-refractivity contribution in [1.29, 1.82) is 0 Å². The Labute approximate surface area is 110 Å². The largest absolute Gasteiger partial charge is 0.352 e. The van der Waals surface area contributed by atoms with Crippen LogP contribution in [0.1, 0.15) is 45.4 Å². The summed E-state index contributed by atoms with van der Waals surface area (Å²) in [5, 5.41) is 3.32. The molecule has 1 amide bonds. The van der Waals surface area contributed by atoms with E-state index in [1.807, 2.05) is 0 Å². The zero-order valence-electron chi connectivity index (χ0n) is 11.5. The van der Waals surface area contributed by atoms with Crippen LogP contribution in [-0.4, -0.2) is 36.5 Å². The van der Waals surface area contributed by atoms with E-state index in [0.29, 0.717) is 12.6 Å². The SMILES string of the molecule is CC1CCCN(CC(=O)NC(C2CC2)C2CC2)C1. The lowest BCUT2D eigenvalue weighted by Gasteiger charge is -2.30. The van der Waals surface area contributed by atoms with Crippen molar-refractivity contribution in [3.8, 4) is 0 Å². The highest BCUT2D eigenvalue weighted by Crippen LogP contribution is 2.44. The van der Waals surface area contributed by atoms with E-state index in [4.69, 9.17) is 0 Å². The Morgan fingerprint density at radius 1 is 1.22 bits per heavy atom. The van der Waals surface area contributed by atoms with Crippen molar-refractivity contribution in [2.24, 2.45) is 17.8 Å². The van der Waals surface area contributed by atoms with Gasteiger partial charge in [0.2, 0.25) is 5.91 Å². The number of likely N-dealkylation sites (tertiary alicyclic amines) is 1. The molecular weight excluding hydrogens is 224 g/mol. The Hall–Kier alpha value is -0.570. The van der Waals surface area contributed by atoms with Gasteiger partial charge < -0.3 is 5.32 Å². The number of hydrogen-bond acceptors (Lipinski definition) is 2. The number of piperidine rings is 1. The van der Waals surface area contributed by atoms with E-state index in [1.165, 1.54) is 38.5 Å². The van der Waals surface area contributed by atoms with Crippen LogP contribution >= 0.6 is 0 Å². The summed E-state index contributed by atoms with van der Waals surface area (Å²) in [7, 11) is 0. The first-order valence-corrected chi connectivity index (χ1v) is 7.74. The van der Waals surface area contributed by atoms with Crippen LogP contribution in [0.25, 0.3) is 0 Å². The molecule has 0 radical (unpaired) electrons. The van der Waals surface area contributed by atoms with Crippen LogP contribution in [0.3, 0.4) is 0 Å². The molecule has 0 spiro atoms. The van der Waals surface area contributed by atoms with E-state index in [0.717, 1.165) is 30.8 Å². The van der Waals surface area contributed by atoms with Crippen LogP contribution in [0.4, 0.5) is 0 Å². The van der Waals surface area contributed by atoms with Gasteiger partial charge in [0.1, 0.15) is 0 Å². The van der Waals surface area contributed by atoms with Crippen LogP contribution in [0, 0.1) is 17.8 Å². The molecular formula is C15H26N2O. The van der Waals surface area contributed by atoms with Crippen molar-refractivity contribution < 1.29 is 4.79 Å². The fourth-order valence-electron chi connectivity index (χ4n) is 3.40. The first-order chi connectivity index (χ1) is 8.72. The number of amides is 1. The van der Waals surface area contributed by atoms with E-state index in [-0.39, 0.29) is 5.91 Å². The van der Waals surface area contributed by atoms with Crippen molar-refractivity contribution in [3.05, 3.63) is 0 Å². The van der Waals surface area contributed by atoms with Crippen molar-refractivity contribution in [2.75, 3.05) is 19.6 Å². The van der Waals surface area contributed by atoms with E-state index in [9.17, 15) is 4.79 Å². The monoisotopic (exact) mass is 250 g/mol. The summed E-state index contributed by atoms with van der Waals surface area (Å²) in [6.45, 7) is 5.13. The van der Waals surface area contributed by atoms with Crippen molar-refractivity contribution in [2.45, 2.75) is 51.5 Å². The molecule has 1 atom stereocenters. The molecule has 3 nitrogen and oxygen atoms in total. The van der Waals surface area contributed by atoms with E-state index >= 15 is 0 Å². The minimum Gasteiger partial charge on any atom is -0.352 e. The average Bonchev–Trinajstić information content (AvgIpc) is 3.18. The smallest absolute Gasteiger partial charge is 0.234 e. The average molecular weight is 250 g/mol. The summed E-state index contributed by atoms with van der Waals surface area (Å²) >= 11 is 0. The number of hydrogen-bond donors (Lipinski definition) is 1. The highest BCUT2D eigenvalue weighted by molar-refractivity contribution is 5.78. The third kappa shape index (κ3) is 3.25. The number of nitrogens with one attached hydrogen (secondary N) is 1. The van der Waals surface area contributed by atoms with E-state index in [1.54, 1.807) is 0 Å². The topological polar surface area (TPSA) is 32.3 Å². The van der Waals surface area contributed by atoms with Gasteiger partial charge in [0.25, 0.3) is 0 Å². The Morgan fingerprint density at radius 3 is 2.44 bits per heavy atom. The van der Waals surface area contributed by atoms with E-state index in [2.05, 4.69) is 17.1 Å². The molecule has 2 aliphatic carbocycles. The van der Waals surface area contributed by atoms with Gasteiger partial charge in [0.05, 0.1) is 6.54 Å². The molecule has 3 fully saturated rings. The number of rotatable bonds is 5. The highest BCUT2D eigenvalue weighted by Gasteiger charge is 2.42. The van der Waals surface area contributed by atoms with Crippen LogP contribution in [0.2, 0.25) is 0 Å². The van der Waals surface area contributed by atoms with Crippen molar-refractivity contribution in [3.63, 3.8) is 0 Å². The fourth-order valence-corrected chi connectivity index (χ4v) is 3.40. The van der Waals surface area contributed by atoms with Gasteiger partial charge in [0.15, 0.2) is 0 Å². The third-order valence-electron chi connectivity index (χ3n) is 4.70. The quantitative estimate of drug-likeness (QED) is 0.809. The number of nitrogens with zero attached hydrogens (tertiary/aromatic N) is 1. The number of carbonyl (C=O) groups is 1. The summed E-state index contributed by atoms with van der Waals surface area (Å²) in [6.07, 6.45) is 7.92. The second-order valence-electron chi connectivity index (χ2n) is 6.75. The summed E-state index contributed by atoms with van der Waals surface area (Å²) in [4.78, 5) is 14.5. The molecule has 3 aliphatic rings. The summed E-state index contributed by atoms with van der Waals surface area (Å²) < 4.78 is 0. The summed E-state index contributed by atoms with van der Waals surface area (Å²) in [5.74, 6) is 2.64.